The van der Waals surface area contributed by atoms with Gasteiger partial charge in [-0.25, -0.2) is 4.98 Å². The van der Waals surface area contributed by atoms with Gasteiger partial charge in [0.1, 0.15) is 5.01 Å². The molecule has 0 radical (unpaired) electrons. The number of nitrogens with zero attached hydrogens (tertiary/aromatic N) is 2. The molecule has 4 heteroatoms. The Bertz CT molecular complexity index is 475. The lowest BCUT2D eigenvalue weighted by atomic mass is 9.87. The number of hydrogen-bond acceptors (Lipinski definition) is 4. The SMILES string of the molecule is CCN1CCC(NC2CC2)(c2nc3c(s2)CCCC3)CC1. The van der Waals surface area contributed by atoms with Crippen LogP contribution >= 0.6 is 11.3 Å². The second-order valence-corrected chi connectivity index (χ2v) is 8.11. The van der Waals surface area contributed by atoms with Crippen molar-refractivity contribution in [3.63, 3.8) is 0 Å². The van der Waals surface area contributed by atoms with E-state index in [4.69, 9.17) is 4.98 Å². The second kappa shape index (κ2) is 5.64. The van der Waals surface area contributed by atoms with Gasteiger partial charge < -0.3 is 10.2 Å². The summed E-state index contributed by atoms with van der Waals surface area (Å²) < 4.78 is 0. The van der Waals surface area contributed by atoms with E-state index in [-0.39, 0.29) is 5.54 Å². The molecule has 0 atom stereocenters. The van der Waals surface area contributed by atoms with Gasteiger partial charge in [0.2, 0.25) is 0 Å². The summed E-state index contributed by atoms with van der Waals surface area (Å²) in [4.78, 5) is 9.29. The third-order valence-corrected chi connectivity index (χ3v) is 6.83. The first-order chi connectivity index (χ1) is 10.3. The quantitative estimate of drug-likeness (QED) is 0.926. The molecule has 1 aromatic heterocycles. The smallest absolute Gasteiger partial charge is 0.113 e. The van der Waals surface area contributed by atoms with Crippen molar-refractivity contribution in [1.82, 2.24) is 15.2 Å². The molecule has 1 saturated heterocycles. The van der Waals surface area contributed by atoms with Crippen molar-refractivity contribution in [2.75, 3.05) is 19.6 Å². The molecular weight excluding hydrogens is 278 g/mol. The van der Waals surface area contributed by atoms with Crippen LogP contribution in [0, 0.1) is 0 Å². The minimum Gasteiger partial charge on any atom is -0.303 e. The van der Waals surface area contributed by atoms with Crippen molar-refractivity contribution >= 4 is 11.3 Å². The van der Waals surface area contributed by atoms with Gasteiger partial charge in [-0.2, -0.15) is 0 Å². The van der Waals surface area contributed by atoms with Crippen LogP contribution in [0.4, 0.5) is 0 Å². The van der Waals surface area contributed by atoms with Crippen LogP contribution in [0.2, 0.25) is 0 Å². The van der Waals surface area contributed by atoms with E-state index in [9.17, 15) is 0 Å². The Morgan fingerprint density at radius 3 is 2.67 bits per heavy atom. The lowest BCUT2D eigenvalue weighted by Crippen LogP contribution is -2.51. The Labute approximate surface area is 132 Å². The normalized spacial score (nSPS) is 25.8. The molecule has 3 nitrogen and oxygen atoms in total. The van der Waals surface area contributed by atoms with Gasteiger partial charge in [-0.05, 0) is 57.9 Å². The zero-order valence-electron chi connectivity index (χ0n) is 13.2. The number of likely N-dealkylation sites (tertiary alicyclic amines) is 1. The highest BCUT2D eigenvalue weighted by atomic mass is 32.1. The minimum atomic E-state index is 0.189. The van der Waals surface area contributed by atoms with Crippen molar-refractivity contribution in [2.45, 2.75) is 69.9 Å². The molecule has 1 aromatic rings. The maximum absolute atomic E-state index is 5.12. The van der Waals surface area contributed by atoms with Crippen molar-refractivity contribution < 1.29 is 0 Å². The first-order valence-corrected chi connectivity index (χ1v) is 9.60. The molecule has 0 amide bonds. The van der Waals surface area contributed by atoms with Crippen LogP contribution < -0.4 is 5.32 Å². The molecule has 3 aliphatic rings. The maximum atomic E-state index is 5.12. The molecule has 21 heavy (non-hydrogen) atoms. The maximum Gasteiger partial charge on any atom is 0.113 e. The predicted octanol–water partition coefficient (Wildman–Crippen LogP) is 3.08. The third kappa shape index (κ3) is 2.78. The highest BCUT2D eigenvalue weighted by Gasteiger charge is 2.42. The number of thiazole rings is 1. The summed E-state index contributed by atoms with van der Waals surface area (Å²) in [6.07, 6.45) is 10.4. The molecule has 116 valence electrons. The fourth-order valence-corrected chi connectivity index (χ4v) is 5.21. The lowest BCUT2D eigenvalue weighted by Gasteiger charge is -2.41. The highest BCUT2D eigenvalue weighted by Crippen LogP contribution is 2.40. The zero-order valence-corrected chi connectivity index (χ0v) is 14.0. The number of piperidine rings is 1. The molecular formula is C17H27N3S. The predicted molar refractivity (Wildman–Crippen MR) is 87.9 cm³/mol. The molecule has 4 rings (SSSR count). The number of fused-ring (bicyclic) bond motifs is 1. The molecule has 0 spiro atoms. The van der Waals surface area contributed by atoms with Gasteiger partial charge in [0.15, 0.2) is 0 Å². The first kappa shape index (κ1) is 14.2. The van der Waals surface area contributed by atoms with Gasteiger partial charge in [0.25, 0.3) is 0 Å². The van der Waals surface area contributed by atoms with Crippen LogP contribution in [0.5, 0.6) is 0 Å². The molecule has 2 aliphatic carbocycles. The Hall–Kier alpha value is -0.450. The third-order valence-electron chi connectivity index (χ3n) is 5.47. The highest BCUT2D eigenvalue weighted by molar-refractivity contribution is 7.11. The molecule has 1 N–H and O–H groups in total. The monoisotopic (exact) mass is 305 g/mol. The van der Waals surface area contributed by atoms with Crippen LogP contribution in [0.3, 0.4) is 0 Å². The molecule has 2 fully saturated rings. The summed E-state index contributed by atoms with van der Waals surface area (Å²) in [6, 6.07) is 0.763. The van der Waals surface area contributed by atoms with E-state index in [1.54, 1.807) is 4.88 Å². The van der Waals surface area contributed by atoms with Crippen LogP contribution in [-0.4, -0.2) is 35.6 Å². The van der Waals surface area contributed by atoms with E-state index >= 15 is 0 Å². The summed E-state index contributed by atoms with van der Waals surface area (Å²) >= 11 is 2.03. The van der Waals surface area contributed by atoms with E-state index in [1.165, 1.54) is 81.7 Å². The van der Waals surface area contributed by atoms with E-state index in [0.29, 0.717) is 0 Å². The van der Waals surface area contributed by atoms with Gasteiger partial charge >= 0.3 is 0 Å². The molecule has 1 aliphatic heterocycles. The van der Waals surface area contributed by atoms with Gasteiger partial charge in [0.05, 0.1) is 11.2 Å². The van der Waals surface area contributed by atoms with E-state index < -0.39 is 0 Å². The Morgan fingerprint density at radius 2 is 2.00 bits per heavy atom. The summed E-state index contributed by atoms with van der Waals surface area (Å²) in [5, 5.41) is 5.41. The van der Waals surface area contributed by atoms with E-state index in [2.05, 4.69) is 17.1 Å². The van der Waals surface area contributed by atoms with Gasteiger partial charge in [-0.15, -0.1) is 11.3 Å². The number of aromatic nitrogens is 1. The molecule has 1 saturated carbocycles. The van der Waals surface area contributed by atoms with Crippen molar-refractivity contribution in [3.05, 3.63) is 15.6 Å². The van der Waals surface area contributed by atoms with Crippen LogP contribution in [0.1, 0.15) is 61.0 Å². The van der Waals surface area contributed by atoms with Crippen LogP contribution in [-0.2, 0) is 18.4 Å². The van der Waals surface area contributed by atoms with Gasteiger partial charge in [0, 0.05) is 24.0 Å². The number of rotatable bonds is 4. The molecule has 0 bridgehead atoms. The standard InChI is InChI=1S/C17H27N3S/c1-2-20-11-9-17(10-12-20,19-13-7-8-13)16-18-14-5-3-4-6-15(14)21-16/h13,19H,2-12H2,1H3. The van der Waals surface area contributed by atoms with Gasteiger partial charge in [-0.1, -0.05) is 6.92 Å². The number of aryl methyl sites for hydroxylation is 2. The average Bonchev–Trinajstić information content (AvgIpc) is 3.22. The van der Waals surface area contributed by atoms with Crippen LogP contribution in [0.15, 0.2) is 0 Å². The average molecular weight is 305 g/mol. The topological polar surface area (TPSA) is 28.2 Å². The summed E-state index contributed by atoms with van der Waals surface area (Å²) in [6.45, 7) is 5.91. The Morgan fingerprint density at radius 1 is 1.24 bits per heavy atom. The Balaban J connectivity index is 1.61. The minimum absolute atomic E-state index is 0.189. The lowest BCUT2D eigenvalue weighted by molar-refractivity contribution is 0.137. The fraction of sp³-hybridized carbons (Fsp3) is 0.824. The first-order valence-electron chi connectivity index (χ1n) is 8.78. The zero-order chi connectivity index (χ0) is 14.3. The van der Waals surface area contributed by atoms with Crippen molar-refractivity contribution in [3.8, 4) is 0 Å². The molecule has 2 heterocycles. The van der Waals surface area contributed by atoms with Crippen molar-refractivity contribution in [1.29, 1.82) is 0 Å². The molecule has 0 unspecified atom stereocenters. The van der Waals surface area contributed by atoms with Crippen molar-refractivity contribution in [2.24, 2.45) is 0 Å². The summed E-state index contributed by atoms with van der Waals surface area (Å²) in [7, 11) is 0. The number of hydrogen-bond donors (Lipinski definition) is 1. The van der Waals surface area contributed by atoms with E-state index in [0.717, 1.165) is 6.04 Å². The fourth-order valence-electron chi connectivity index (χ4n) is 3.85. The van der Waals surface area contributed by atoms with E-state index in [1.807, 2.05) is 11.3 Å². The largest absolute Gasteiger partial charge is 0.303 e. The number of nitrogens with one attached hydrogen (secondary N) is 1. The second-order valence-electron chi connectivity index (χ2n) is 7.03. The summed E-state index contributed by atoms with van der Waals surface area (Å²) in [5.74, 6) is 0. The van der Waals surface area contributed by atoms with Gasteiger partial charge in [-0.3, -0.25) is 0 Å². The Kier molecular flexibility index (Phi) is 3.80. The molecule has 0 aromatic carbocycles. The van der Waals surface area contributed by atoms with Crippen LogP contribution in [0.25, 0.3) is 0 Å². The summed E-state index contributed by atoms with van der Waals surface area (Å²) in [5.41, 5.74) is 1.62.